The summed E-state index contributed by atoms with van der Waals surface area (Å²) in [5, 5.41) is 0. The maximum atomic E-state index is 12.0. The van der Waals surface area contributed by atoms with Gasteiger partial charge >= 0.3 is 5.97 Å². The van der Waals surface area contributed by atoms with Gasteiger partial charge < -0.3 is 9.47 Å². The van der Waals surface area contributed by atoms with E-state index in [9.17, 15) is 4.79 Å². The quantitative estimate of drug-likeness (QED) is 0.700. The van der Waals surface area contributed by atoms with Crippen molar-refractivity contribution in [1.29, 1.82) is 0 Å². The van der Waals surface area contributed by atoms with Gasteiger partial charge in [0.05, 0.1) is 13.0 Å². The van der Waals surface area contributed by atoms with Crippen LogP contribution < -0.4 is 4.74 Å². The number of ether oxygens (including phenoxy) is 2. The molecular weight excluding hydrogens is 300 g/mol. The van der Waals surface area contributed by atoms with Crippen LogP contribution in [0, 0.1) is 11.8 Å². The Hall–Kier alpha value is -2.29. The lowest BCUT2D eigenvalue weighted by molar-refractivity contribution is -0.145. The van der Waals surface area contributed by atoms with Gasteiger partial charge in [0, 0.05) is 0 Å². The molecule has 0 spiro atoms. The van der Waals surface area contributed by atoms with E-state index < -0.39 is 0 Å². The first-order chi connectivity index (χ1) is 11.7. The zero-order valence-corrected chi connectivity index (χ0v) is 14.3. The molecule has 2 atom stereocenters. The predicted molar refractivity (Wildman–Crippen MR) is 93.9 cm³/mol. The number of hydrogen-bond acceptors (Lipinski definition) is 3. The molecule has 1 aliphatic carbocycles. The molecule has 1 aliphatic rings. The molecule has 0 amide bonds. The fourth-order valence-electron chi connectivity index (χ4n) is 3.31. The van der Waals surface area contributed by atoms with Crippen LogP contribution in [0.4, 0.5) is 0 Å². The lowest BCUT2D eigenvalue weighted by Gasteiger charge is -2.23. The molecular formula is C21H24O3. The summed E-state index contributed by atoms with van der Waals surface area (Å²) >= 11 is 0. The van der Waals surface area contributed by atoms with E-state index >= 15 is 0 Å². The first kappa shape index (κ1) is 16.6. The Balaban J connectivity index is 1.74. The first-order valence-corrected chi connectivity index (χ1v) is 8.53. The molecule has 0 aliphatic heterocycles. The summed E-state index contributed by atoms with van der Waals surface area (Å²) in [5.74, 6) is 1.36. The highest BCUT2D eigenvalue weighted by molar-refractivity contribution is 5.73. The molecule has 0 bridgehead atoms. The molecule has 2 aromatic rings. The van der Waals surface area contributed by atoms with Crippen LogP contribution in [0.2, 0.25) is 0 Å². The van der Waals surface area contributed by atoms with E-state index in [4.69, 9.17) is 9.47 Å². The third-order valence-corrected chi connectivity index (χ3v) is 4.73. The average molecular weight is 324 g/mol. The third kappa shape index (κ3) is 3.97. The highest BCUT2D eigenvalue weighted by Gasteiger charge is 2.39. The van der Waals surface area contributed by atoms with Crippen LogP contribution in [-0.2, 0) is 16.1 Å². The lowest BCUT2D eigenvalue weighted by atomic mass is 9.83. The molecule has 126 valence electrons. The van der Waals surface area contributed by atoms with Gasteiger partial charge in [-0.15, -0.1) is 0 Å². The van der Waals surface area contributed by atoms with Crippen molar-refractivity contribution in [3.8, 4) is 5.75 Å². The predicted octanol–water partition coefficient (Wildman–Crippen LogP) is 4.57. The van der Waals surface area contributed by atoms with Crippen molar-refractivity contribution in [3.05, 3.63) is 65.7 Å². The third-order valence-electron chi connectivity index (χ3n) is 4.73. The van der Waals surface area contributed by atoms with Crippen LogP contribution in [0.15, 0.2) is 54.6 Å². The first-order valence-electron chi connectivity index (χ1n) is 8.53. The standard InChI is InChI=1S/C21H24O3/c1-15(21(22)23-2)20(17-11-12-17)18-9-6-10-19(13-18)24-14-16-7-4-3-5-8-16/h3-10,13,15,17,20H,11-12,14H2,1-2H3/t15-,20-/m0/s1. The highest BCUT2D eigenvalue weighted by Crippen LogP contribution is 2.47. The fraction of sp³-hybridized carbons (Fsp3) is 0.381. The molecule has 3 rings (SSSR count). The van der Waals surface area contributed by atoms with Crippen molar-refractivity contribution in [2.45, 2.75) is 32.3 Å². The van der Waals surface area contributed by atoms with Crippen LogP contribution in [0.1, 0.15) is 36.8 Å². The maximum absolute atomic E-state index is 12.0. The van der Waals surface area contributed by atoms with Gasteiger partial charge in [0.1, 0.15) is 12.4 Å². The van der Waals surface area contributed by atoms with Gasteiger partial charge in [-0.05, 0) is 47.9 Å². The largest absolute Gasteiger partial charge is 0.489 e. The van der Waals surface area contributed by atoms with Gasteiger partial charge in [-0.3, -0.25) is 4.79 Å². The second kappa shape index (κ2) is 7.52. The Morgan fingerprint density at radius 2 is 1.88 bits per heavy atom. The number of esters is 1. The van der Waals surface area contributed by atoms with Crippen LogP contribution in [0.5, 0.6) is 5.75 Å². The normalized spacial score (nSPS) is 16.2. The molecule has 3 nitrogen and oxygen atoms in total. The average Bonchev–Trinajstić information content (AvgIpc) is 3.45. The number of carbonyl (C=O) groups excluding carboxylic acids is 1. The van der Waals surface area contributed by atoms with Crippen molar-refractivity contribution < 1.29 is 14.3 Å². The topological polar surface area (TPSA) is 35.5 Å². The maximum Gasteiger partial charge on any atom is 0.309 e. The van der Waals surface area contributed by atoms with E-state index in [1.807, 2.05) is 37.3 Å². The number of benzene rings is 2. The molecule has 0 saturated heterocycles. The Morgan fingerprint density at radius 1 is 1.12 bits per heavy atom. The van der Waals surface area contributed by atoms with Crippen LogP contribution in [0.3, 0.4) is 0 Å². The van der Waals surface area contributed by atoms with Gasteiger partial charge in [0.2, 0.25) is 0 Å². The molecule has 0 N–H and O–H groups in total. The smallest absolute Gasteiger partial charge is 0.309 e. The van der Waals surface area contributed by atoms with E-state index in [-0.39, 0.29) is 17.8 Å². The lowest BCUT2D eigenvalue weighted by Crippen LogP contribution is -2.22. The Morgan fingerprint density at radius 3 is 2.54 bits per heavy atom. The van der Waals surface area contributed by atoms with Crippen molar-refractivity contribution in [3.63, 3.8) is 0 Å². The molecule has 2 aromatic carbocycles. The van der Waals surface area contributed by atoms with Crippen molar-refractivity contribution in [1.82, 2.24) is 0 Å². The highest BCUT2D eigenvalue weighted by atomic mass is 16.5. The number of hydrogen-bond donors (Lipinski definition) is 0. The van der Waals surface area contributed by atoms with E-state index in [2.05, 4.69) is 24.3 Å². The van der Waals surface area contributed by atoms with Gasteiger partial charge in [0.25, 0.3) is 0 Å². The summed E-state index contributed by atoms with van der Waals surface area (Å²) in [6.07, 6.45) is 2.36. The summed E-state index contributed by atoms with van der Waals surface area (Å²) in [4.78, 5) is 12.0. The van der Waals surface area contributed by atoms with E-state index in [0.29, 0.717) is 12.5 Å². The second-order valence-corrected chi connectivity index (χ2v) is 6.52. The molecule has 0 aromatic heterocycles. The SMILES string of the molecule is COC(=O)[C@@H](C)[C@H](c1cccc(OCc2ccccc2)c1)C1CC1. The monoisotopic (exact) mass is 324 g/mol. The van der Waals surface area contributed by atoms with Crippen molar-refractivity contribution >= 4 is 5.97 Å². The summed E-state index contributed by atoms with van der Waals surface area (Å²) in [7, 11) is 1.46. The van der Waals surface area contributed by atoms with Gasteiger partial charge in [-0.25, -0.2) is 0 Å². The van der Waals surface area contributed by atoms with Crippen molar-refractivity contribution in [2.24, 2.45) is 11.8 Å². The molecule has 0 radical (unpaired) electrons. The number of rotatable bonds is 7. The molecule has 0 unspecified atom stereocenters. The summed E-state index contributed by atoms with van der Waals surface area (Å²) in [6.45, 7) is 2.51. The minimum atomic E-state index is -0.137. The molecule has 24 heavy (non-hydrogen) atoms. The Bertz CT molecular complexity index is 676. The Labute approximate surface area is 143 Å². The minimum absolute atomic E-state index is 0.133. The van der Waals surface area contributed by atoms with E-state index in [0.717, 1.165) is 11.3 Å². The van der Waals surface area contributed by atoms with Gasteiger partial charge in [0.15, 0.2) is 0 Å². The zero-order valence-electron chi connectivity index (χ0n) is 14.3. The van der Waals surface area contributed by atoms with Gasteiger partial charge in [-0.2, -0.15) is 0 Å². The second-order valence-electron chi connectivity index (χ2n) is 6.52. The van der Waals surface area contributed by atoms with Gasteiger partial charge in [-0.1, -0.05) is 49.4 Å². The molecule has 1 fully saturated rings. The van der Waals surface area contributed by atoms with Crippen LogP contribution >= 0.6 is 0 Å². The summed E-state index contributed by atoms with van der Waals surface area (Å²) in [5.41, 5.74) is 2.31. The molecule has 3 heteroatoms. The summed E-state index contributed by atoms with van der Waals surface area (Å²) < 4.78 is 10.9. The van der Waals surface area contributed by atoms with E-state index in [1.165, 1.54) is 25.5 Å². The minimum Gasteiger partial charge on any atom is -0.489 e. The molecule has 0 heterocycles. The van der Waals surface area contributed by atoms with Crippen LogP contribution in [-0.4, -0.2) is 13.1 Å². The van der Waals surface area contributed by atoms with Crippen LogP contribution in [0.25, 0.3) is 0 Å². The molecule has 1 saturated carbocycles. The zero-order chi connectivity index (χ0) is 16.9. The fourth-order valence-corrected chi connectivity index (χ4v) is 3.31. The number of methoxy groups -OCH3 is 1. The van der Waals surface area contributed by atoms with E-state index in [1.54, 1.807) is 0 Å². The summed E-state index contributed by atoms with van der Waals surface area (Å²) in [6, 6.07) is 18.3. The number of carbonyl (C=O) groups is 1. The van der Waals surface area contributed by atoms with Crippen molar-refractivity contribution in [2.75, 3.05) is 7.11 Å². The Kier molecular flexibility index (Phi) is 5.19.